The summed E-state index contributed by atoms with van der Waals surface area (Å²) in [5.41, 5.74) is 12.1. The number of rotatable bonds is 3. The second-order valence-electron chi connectivity index (χ2n) is 2.73. The molecule has 0 atom stereocenters. The van der Waals surface area contributed by atoms with Gasteiger partial charge in [-0.3, -0.25) is 4.79 Å². The normalized spacial score (nSPS) is 9.86. The largest absolute Gasteiger partial charge is 0.497 e. The molecule has 14 heavy (non-hydrogen) atoms. The van der Waals surface area contributed by atoms with Crippen molar-refractivity contribution in [3.05, 3.63) is 17.7 Å². The van der Waals surface area contributed by atoms with Gasteiger partial charge in [-0.05, 0) is 6.07 Å². The summed E-state index contributed by atoms with van der Waals surface area (Å²) in [5, 5.41) is 0. The van der Waals surface area contributed by atoms with Crippen LogP contribution in [-0.4, -0.2) is 18.8 Å². The van der Waals surface area contributed by atoms with E-state index < -0.39 is 0 Å². The van der Waals surface area contributed by atoms with Gasteiger partial charge in [0.1, 0.15) is 5.75 Å². The van der Waals surface area contributed by atoms with Gasteiger partial charge in [0, 0.05) is 11.6 Å². The quantitative estimate of drug-likeness (QED) is 0.451. The molecule has 0 saturated heterocycles. The second-order valence-corrected chi connectivity index (χ2v) is 3.00. The number of hydrogen-bond acceptors (Lipinski definition) is 4. The number of hydrogen-bond donors (Lipinski definition) is 2. The molecule has 0 bridgehead atoms. The van der Waals surface area contributed by atoms with E-state index in [-0.39, 0.29) is 17.4 Å². The van der Waals surface area contributed by atoms with E-state index in [4.69, 9.17) is 27.8 Å². The maximum atomic E-state index is 11.3. The first kappa shape index (κ1) is 10.7. The number of nitrogen functional groups attached to an aromatic ring is 2. The monoisotopic (exact) mass is 214 g/mol. The molecule has 0 spiro atoms. The number of ether oxygens (including phenoxy) is 1. The van der Waals surface area contributed by atoms with Gasteiger partial charge < -0.3 is 16.2 Å². The summed E-state index contributed by atoms with van der Waals surface area (Å²) in [5.74, 6) is 0.0940. The van der Waals surface area contributed by atoms with Crippen molar-refractivity contribution in [2.75, 3.05) is 24.5 Å². The van der Waals surface area contributed by atoms with Crippen molar-refractivity contribution in [1.82, 2.24) is 0 Å². The van der Waals surface area contributed by atoms with Crippen molar-refractivity contribution < 1.29 is 9.53 Å². The molecule has 0 radical (unpaired) electrons. The first-order valence-electron chi connectivity index (χ1n) is 3.92. The van der Waals surface area contributed by atoms with Crippen LogP contribution < -0.4 is 16.2 Å². The number of carbonyl (C=O) groups excluding carboxylic acids is 1. The van der Waals surface area contributed by atoms with E-state index >= 15 is 0 Å². The standard InChI is InChI=1S/C9H11ClN2O2/c1-14-5-2-6(8(13)4-10)9(12)7(11)3-5/h2-3H,4,11-12H2,1H3. The Bertz CT molecular complexity index is 366. The van der Waals surface area contributed by atoms with Crippen LogP contribution in [0.25, 0.3) is 0 Å². The van der Waals surface area contributed by atoms with Gasteiger partial charge in [0.05, 0.1) is 24.4 Å². The van der Waals surface area contributed by atoms with Gasteiger partial charge >= 0.3 is 0 Å². The molecule has 0 saturated carbocycles. The summed E-state index contributed by atoms with van der Waals surface area (Å²) in [7, 11) is 1.49. The Morgan fingerprint density at radius 2 is 2.14 bits per heavy atom. The molecule has 1 aromatic carbocycles. The predicted molar refractivity (Wildman–Crippen MR) is 56.9 cm³/mol. The molecule has 0 unspecified atom stereocenters. The van der Waals surface area contributed by atoms with Crippen molar-refractivity contribution in [1.29, 1.82) is 0 Å². The summed E-state index contributed by atoms with van der Waals surface area (Å²) in [6.45, 7) is 0. The number of alkyl halides is 1. The van der Waals surface area contributed by atoms with Crippen LogP contribution >= 0.6 is 11.6 Å². The Balaban J connectivity index is 3.27. The van der Waals surface area contributed by atoms with Crippen molar-refractivity contribution >= 4 is 28.8 Å². The number of ketones is 1. The maximum absolute atomic E-state index is 11.3. The SMILES string of the molecule is COc1cc(N)c(N)c(C(=O)CCl)c1. The van der Waals surface area contributed by atoms with Crippen LogP contribution in [0.2, 0.25) is 0 Å². The van der Waals surface area contributed by atoms with Crippen molar-refractivity contribution in [3.8, 4) is 5.75 Å². The summed E-state index contributed by atoms with van der Waals surface area (Å²) < 4.78 is 4.95. The Kier molecular flexibility index (Phi) is 3.19. The summed E-state index contributed by atoms with van der Waals surface area (Å²) in [6, 6.07) is 3.08. The molecule has 0 aliphatic heterocycles. The molecule has 76 valence electrons. The van der Waals surface area contributed by atoms with Gasteiger partial charge in [0.25, 0.3) is 0 Å². The van der Waals surface area contributed by atoms with Crippen LogP contribution in [0.3, 0.4) is 0 Å². The van der Waals surface area contributed by atoms with Crippen LogP contribution in [0, 0.1) is 0 Å². The lowest BCUT2D eigenvalue weighted by Crippen LogP contribution is -2.08. The number of carbonyl (C=O) groups is 1. The molecule has 0 aliphatic carbocycles. The Morgan fingerprint density at radius 1 is 1.50 bits per heavy atom. The molecule has 1 rings (SSSR count). The van der Waals surface area contributed by atoms with Crippen molar-refractivity contribution in [2.24, 2.45) is 0 Å². The predicted octanol–water partition coefficient (Wildman–Crippen LogP) is 1.28. The molecule has 4 N–H and O–H groups in total. The molecule has 0 heterocycles. The fraction of sp³-hybridized carbons (Fsp3) is 0.222. The summed E-state index contributed by atoms with van der Waals surface area (Å²) >= 11 is 5.42. The van der Waals surface area contributed by atoms with E-state index in [0.29, 0.717) is 17.0 Å². The highest BCUT2D eigenvalue weighted by atomic mass is 35.5. The topological polar surface area (TPSA) is 78.3 Å². The minimum Gasteiger partial charge on any atom is -0.497 e. The fourth-order valence-corrected chi connectivity index (χ4v) is 1.21. The highest BCUT2D eigenvalue weighted by Crippen LogP contribution is 2.27. The second kappa shape index (κ2) is 4.19. The molecule has 0 amide bonds. The van der Waals surface area contributed by atoms with Crippen LogP contribution in [0.4, 0.5) is 11.4 Å². The lowest BCUT2D eigenvalue weighted by Gasteiger charge is -2.08. The third-order valence-electron chi connectivity index (χ3n) is 1.84. The van der Waals surface area contributed by atoms with Gasteiger partial charge in [-0.25, -0.2) is 0 Å². The Morgan fingerprint density at radius 3 is 2.64 bits per heavy atom. The summed E-state index contributed by atoms with van der Waals surface area (Å²) in [4.78, 5) is 11.3. The fourth-order valence-electron chi connectivity index (χ4n) is 1.07. The molecule has 0 fully saturated rings. The zero-order valence-corrected chi connectivity index (χ0v) is 8.47. The number of halogens is 1. The van der Waals surface area contributed by atoms with E-state index in [0.717, 1.165) is 0 Å². The zero-order chi connectivity index (χ0) is 10.7. The van der Waals surface area contributed by atoms with Gasteiger partial charge in [0.15, 0.2) is 5.78 Å². The zero-order valence-electron chi connectivity index (χ0n) is 7.71. The molecule has 1 aromatic rings. The number of methoxy groups -OCH3 is 1. The van der Waals surface area contributed by atoms with Gasteiger partial charge in [-0.2, -0.15) is 0 Å². The third kappa shape index (κ3) is 1.90. The Hall–Kier alpha value is -1.42. The van der Waals surface area contributed by atoms with E-state index in [9.17, 15) is 4.79 Å². The van der Waals surface area contributed by atoms with Gasteiger partial charge in [-0.1, -0.05) is 0 Å². The number of nitrogens with two attached hydrogens (primary N) is 2. The molecular weight excluding hydrogens is 204 g/mol. The molecular formula is C9H11ClN2O2. The first-order valence-corrected chi connectivity index (χ1v) is 4.45. The molecule has 4 nitrogen and oxygen atoms in total. The third-order valence-corrected chi connectivity index (χ3v) is 2.09. The lowest BCUT2D eigenvalue weighted by molar-refractivity contribution is 0.102. The van der Waals surface area contributed by atoms with Gasteiger partial charge in [-0.15, -0.1) is 11.6 Å². The number of Topliss-reactive ketones (excluding diaryl/α,β-unsaturated/α-hetero) is 1. The number of anilines is 2. The molecule has 0 aromatic heterocycles. The smallest absolute Gasteiger partial charge is 0.179 e. The van der Waals surface area contributed by atoms with Gasteiger partial charge in [0.2, 0.25) is 0 Å². The molecule has 0 aliphatic rings. The highest BCUT2D eigenvalue weighted by Gasteiger charge is 2.12. The minimum absolute atomic E-state index is 0.128. The Labute approximate surface area is 86.8 Å². The first-order chi connectivity index (χ1) is 6.60. The summed E-state index contributed by atoms with van der Waals surface area (Å²) in [6.07, 6.45) is 0. The van der Waals surface area contributed by atoms with E-state index in [2.05, 4.69) is 0 Å². The van der Waals surface area contributed by atoms with Crippen LogP contribution in [-0.2, 0) is 0 Å². The van der Waals surface area contributed by atoms with E-state index in [1.807, 2.05) is 0 Å². The lowest BCUT2D eigenvalue weighted by atomic mass is 10.1. The molecule has 5 heteroatoms. The van der Waals surface area contributed by atoms with Crippen molar-refractivity contribution in [2.45, 2.75) is 0 Å². The minimum atomic E-state index is -0.269. The van der Waals surface area contributed by atoms with Crippen LogP contribution in [0.1, 0.15) is 10.4 Å². The van der Waals surface area contributed by atoms with E-state index in [1.54, 1.807) is 6.07 Å². The average Bonchev–Trinajstić information content (AvgIpc) is 2.20. The van der Waals surface area contributed by atoms with E-state index in [1.165, 1.54) is 13.2 Å². The average molecular weight is 215 g/mol. The maximum Gasteiger partial charge on any atom is 0.179 e. The highest BCUT2D eigenvalue weighted by molar-refractivity contribution is 6.31. The van der Waals surface area contributed by atoms with Crippen molar-refractivity contribution in [3.63, 3.8) is 0 Å². The van der Waals surface area contributed by atoms with Crippen LogP contribution in [0.5, 0.6) is 5.75 Å². The van der Waals surface area contributed by atoms with Crippen LogP contribution in [0.15, 0.2) is 12.1 Å². The number of benzene rings is 1.